The molecule has 138 valence electrons. The molecule has 0 aromatic carbocycles. The van der Waals surface area contributed by atoms with E-state index in [4.69, 9.17) is 12.3 Å². The second-order valence-corrected chi connectivity index (χ2v) is 22.7. The molecule has 1 aliphatic rings. The van der Waals surface area contributed by atoms with Crippen LogP contribution in [0.1, 0.15) is 0 Å². The minimum atomic E-state index is -2.69. The van der Waals surface area contributed by atoms with Crippen LogP contribution < -0.4 is 0 Å². The van der Waals surface area contributed by atoms with Crippen molar-refractivity contribution in [3.63, 3.8) is 0 Å². The molecule has 0 aromatic rings. The fourth-order valence-electron chi connectivity index (χ4n) is 2.90. The molecule has 24 heavy (non-hydrogen) atoms. The van der Waals surface area contributed by atoms with E-state index in [1.54, 1.807) is 13.1 Å². The van der Waals surface area contributed by atoms with Crippen molar-refractivity contribution in [1.29, 1.82) is 0 Å². The van der Waals surface area contributed by atoms with E-state index in [0.717, 1.165) is 0 Å². The molecule has 0 aromatic heterocycles. The first-order chi connectivity index (χ1) is 10.5. The van der Waals surface area contributed by atoms with Crippen LogP contribution in [0.4, 0.5) is 0 Å². The minimum Gasteiger partial charge on any atom is -0.435 e. The summed E-state index contributed by atoms with van der Waals surface area (Å²) in [7, 11) is -10.1. The summed E-state index contributed by atoms with van der Waals surface area (Å²) in [6, 6.07) is 0. The maximum absolute atomic E-state index is 11.7. The van der Waals surface area contributed by atoms with E-state index in [2.05, 4.69) is 0 Å². The Bertz CT molecular complexity index is 523. The van der Waals surface area contributed by atoms with Gasteiger partial charge in [-0.15, -0.1) is 0 Å². The second kappa shape index (κ2) is 7.07. The Morgan fingerprint density at radius 1 is 0.833 bits per heavy atom. The van der Waals surface area contributed by atoms with Gasteiger partial charge in [0.25, 0.3) is 11.8 Å². The van der Waals surface area contributed by atoms with E-state index in [9.17, 15) is 14.4 Å². The molecule has 0 unspecified atom stereocenters. The Labute approximate surface area is 148 Å². The van der Waals surface area contributed by atoms with Gasteiger partial charge in [0.15, 0.2) is 8.32 Å². The van der Waals surface area contributed by atoms with Gasteiger partial charge in [0.2, 0.25) is 0 Å². The number of nitrogens with zero attached hydrogens (tertiary/aromatic N) is 1. The van der Waals surface area contributed by atoms with Crippen molar-refractivity contribution in [1.82, 2.24) is 4.90 Å². The summed E-state index contributed by atoms with van der Waals surface area (Å²) in [6.07, 6.45) is 2.86. The van der Waals surface area contributed by atoms with E-state index >= 15 is 0 Å². The summed E-state index contributed by atoms with van der Waals surface area (Å²) in [5.41, 5.74) is 0. The van der Waals surface area contributed by atoms with Gasteiger partial charge in [0, 0.05) is 18.3 Å². The number of rotatable bonds is 8. The third kappa shape index (κ3) is 7.22. The lowest BCUT2D eigenvalue weighted by Gasteiger charge is -2.40. The summed E-state index contributed by atoms with van der Waals surface area (Å²) >= 11 is 0. The van der Waals surface area contributed by atoms with E-state index in [0.29, 0.717) is 6.17 Å². The molecule has 0 spiro atoms. The van der Waals surface area contributed by atoms with Crippen LogP contribution in [0.2, 0.25) is 52.4 Å². The van der Waals surface area contributed by atoms with Gasteiger partial charge in [0.05, 0.1) is 0 Å². The molecule has 1 aliphatic heterocycles. The molecule has 0 radical (unpaired) electrons. The Balaban J connectivity index is 2.74. The van der Waals surface area contributed by atoms with Gasteiger partial charge in [0.1, 0.15) is 0 Å². The molecule has 1 N–H and O–H groups in total. The van der Waals surface area contributed by atoms with Crippen LogP contribution >= 0.6 is 0 Å². The molecule has 0 bridgehead atoms. The molecule has 0 saturated heterocycles. The zero-order valence-corrected chi connectivity index (χ0v) is 19.8. The highest BCUT2D eigenvalue weighted by Crippen LogP contribution is 2.24. The van der Waals surface area contributed by atoms with Crippen LogP contribution in [-0.2, 0) is 21.9 Å². The predicted octanol–water partition coefficient (Wildman–Crippen LogP) is 1.80. The van der Waals surface area contributed by atoms with Crippen molar-refractivity contribution in [2.45, 2.75) is 52.4 Å². The number of carbonyl (C=O) groups is 2. The topological polar surface area (TPSA) is 85.3 Å². The second-order valence-electron chi connectivity index (χ2n) is 7.91. The first kappa shape index (κ1) is 21.6. The first-order valence-corrected chi connectivity index (χ1v) is 19.5. The van der Waals surface area contributed by atoms with E-state index in [-0.39, 0.29) is 11.8 Å². The summed E-state index contributed by atoms with van der Waals surface area (Å²) < 4.78 is 18.3. The Kier molecular flexibility index (Phi) is 6.37. The number of hydrogen-bond acceptors (Lipinski definition) is 6. The van der Waals surface area contributed by atoms with Gasteiger partial charge in [-0.05, 0) is 52.4 Å². The fraction of sp³-hybridized carbons (Fsp3) is 0.692. The van der Waals surface area contributed by atoms with Crippen molar-refractivity contribution in [2.75, 3.05) is 6.17 Å². The highest BCUT2D eigenvalue weighted by Gasteiger charge is 2.44. The zero-order valence-electron chi connectivity index (χ0n) is 15.8. The molecule has 0 aliphatic carbocycles. The van der Waals surface area contributed by atoms with Crippen LogP contribution in [0.3, 0.4) is 0 Å². The van der Waals surface area contributed by atoms with E-state index in [1.807, 2.05) is 39.3 Å². The maximum atomic E-state index is 11.7. The van der Waals surface area contributed by atoms with Crippen molar-refractivity contribution >= 4 is 45.8 Å². The van der Waals surface area contributed by atoms with Gasteiger partial charge in [-0.2, -0.15) is 0 Å². The van der Waals surface area contributed by atoms with Crippen molar-refractivity contribution in [2.24, 2.45) is 0 Å². The van der Waals surface area contributed by atoms with E-state index < -0.39 is 34.0 Å². The molecule has 1 heterocycles. The van der Waals surface area contributed by atoms with Crippen LogP contribution in [0.15, 0.2) is 12.2 Å². The van der Waals surface area contributed by atoms with Gasteiger partial charge in [-0.3, -0.25) is 14.5 Å². The summed E-state index contributed by atoms with van der Waals surface area (Å²) in [4.78, 5) is 34.7. The Morgan fingerprint density at radius 3 is 1.67 bits per heavy atom. The highest BCUT2D eigenvalue weighted by molar-refractivity contribution is 6.88. The zero-order chi connectivity index (χ0) is 19.0. The monoisotopic (exact) mass is 407 g/mol. The summed E-state index contributed by atoms with van der Waals surface area (Å²) in [6.45, 7) is 15.0. The quantitative estimate of drug-likeness (QED) is 0.488. The number of hydrogen-bond donors (Lipinski definition) is 1. The van der Waals surface area contributed by atoms with Crippen molar-refractivity contribution in [3.8, 4) is 0 Å². The number of amides is 2. The first-order valence-electron chi connectivity index (χ1n) is 7.88. The van der Waals surface area contributed by atoms with Crippen molar-refractivity contribution < 1.29 is 26.7 Å². The fourth-order valence-corrected chi connectivity index (χ4v) is 20.2. The molecular weight excluding hydrogens is 378 g/mol. The lowest BCUT2D eigenvalue weighted by molar-refractivity contribution is -0.135. The molecule has 11 heteroatoms. The van der Waals surface area contributed by atoms with Gasteiger partial charge < -0.3 is 17.1 Å². The smallest absolute Gasteiger partial charge is 0.320 e. The normalized spacial score (nSPS) is 17.1. The predicted molar refractivity (Wildman–Crippen MR) is 101 cm³/mol. The highest BCUT2D eigenvalue weighted by atomic mass is 28.5. The van der Waals surface area contributed by atoms with Gasteiger partial charge >= 0.3 is 25.7 Å². The van der Waals surface area contributed by atoms with Gasteiger partial charge in [-0.1, -0.05) is 0 Å². The largest absolute Gasteiger partial charge is 0.435 e. The summed E-state index contributed by atoms with van der Waals surface area (Å²) in [5.74, 6) is -0.591. The maximum Gasteiger partial charge on any atom is 0.320 e. The number of carbonyl (C=O) groups excluding carboxylic acids is 2. The Morgan fingerprint density at radius 2 is 1.25 bits per heavy atom. The third-order valence-electron chi connectivity index (χ3n) is 2.95. The van der Waals surface area contributed by atoms with Crippen LogP contribution in [0, 0.1) is 0 Å². The minimum absolute atomic E-state index is 0.292. The van der Waals surface area contributed by atoms with Gasteiger partial charge in [-0.25, -0.2) is 0 Å². The SMILES string of the molecule is C[Si](C)(O)O[Si](C)(C)O[Si](C)(C)O[Si](C)(C)CN1C(=O)C=CC1=O. The molecule has 0 saturated carbocycles. The lowest BCUT2D eigenvalue weighted by Crippen LogP contribution is -2.59. The van der Waals surface area contributed by atoms with E-state index in [1.165, 1.54) is 17.1 Å². The molecule has 7 nitrogen and oxygen atoms in total. The molecular formula is C13H29NO6Si4. The van der Waals surface area contributed by atoms with Crippen LogP contribution in [0.5, 0.6) is 0 Å². The molecule has 0 atom stereocenters. The lowest BCUT2D eigenvalue weighted by atomic mass is 10.6. The molecule has 2 amide bonds. The molecule has 1 rings (SSSR count). The van der Waals surface area contributed by atoms with Crippen LogP contribution in [0.25, 0.3) is 0 Å². The standard InChI is InChI=1S/C13H29NO6Si4/c1-21(2,11-14-12(15)9-10-13(14)16)18-23(5,6)20-24(7,8)19-22(3,4)17/h9-10,17H,11H2,1-8H3. The summed E-state index contributed by atoms with van der Waals surface area (Å²) in [5, 5.41) is 0. The van der Waals surface area contributed by atoms with Crippen LogP contribution in [-0.4, -0.2) is 61.7 Å². The average molecular weight is 408 g/mol. The van der Waals surface area contributed by atoms with Crippen molar-refractivity contribution in [3.05, 3.63) is 12.2 Å². The average Bonchev–Trinajstić information content (AvgIpc) is 2.52. The third-order valence-corrected chi connectivity index (χ3v) is 16.1. The molecule has 0 fully saturated rings. The Hall–Kier alpha value is -0.412. The number of imide groups is 1.